The molecule has 0 atom stereocenters. The maximum absolute atomic E-state index is 11.6. The summed E-state index contributed by atoms with van der Waals surface area (Å²) >= 11 is 0. The minimum atomic E-state index is -5.13. The van der Waals surface area contributed by atoms with E-state index in [-0.39, 0.29) is 11.5 Å². The van der Waals surface area contributed by atoms with Gasteiger partial charge >= 0.3 is 21.0 Å². The number of aromatic hydroxyl groups is 4. The molecule has 0 bridgehead atoms. The van der Waals surface area contributed by atoms with Gasteiger partial charge in [0.05, 0.1) is 0 Å². The van der Waals surface area contributed by atoms with E-state index in [9.17, 15) is 39.6 Å². The maximum atomic E-state index is 11.6. The fourth-order valence-electron chi connectivity index (χ4n) is 1.97. The largest absolute Gasteiger partial charge is 0.819 e. The molecule has 152 valence electrons. The van der Waals surface area contributed by atoms with Gasteiger partial charge in [0, 0.05) is 12.2 Å². The first-order valence-corrected chi connectivity index (χ1v) is 9.57. The minimum Gasteiger partial charge on any atom is -0.504 e. The Morgan fingerprint density at radius 2 is 1.07 bits per heavy atom. The second-order valence-corrected chi connectivity index (χ2v) is 7.06. The number of benzene rings is 2. The highest BCUT2D eigenvalue weighted by Crippen LogP contribution is 2.26. The van der Waals surface area contributed by atoms with E-state index in [4.69, 9.17) is 0 Å². The van der Waals surface area contributed by atoms with Crippen LogP contribution in [-0.2, 0) is 18.4 Å². The molecule has 0 fully saturated rings. The van der Waals surface area contributed by atoms with E-state index < -0.39 is 32.5 Å². The lowest BCUT2D eigenvalue weighted by Gasteiger charge is -2.14. The monoisotopic (exact) mass is 420 g/mol. The molecule has 0 spiro atoms. The van der Waals surface area contributed by atoms with Crippen molar-refractivity contribution in [2.24, 2.45) is 0 Å². The molecule has 0 unspecified atom stereocenters. The Bertz CT molecular complexity index is 903. The predicted molar refractivity (Wildman–Crippen MR) is 100.0 cm³/mol. The zero-order valence-corrected chi connectivity index (χ0v) is 15.6. The van der Waals surface area contributed by atoms with Crippen molar-refractivity contribution in [2.75, 3.05) is 0 Å². The van der Waals surface area contributed by atoms with Crippen LogP contribution in [0, 0.1) is 0 Å². The van der Waals surface area contributed by atoms with Gasteiger partial charge < -0.3 is 38.9 Å². The molecule has 0 aliphatic carbocycles. The molecule has 0 heterocycles. The van der Waals surface area contributed by atoms with Gasteiger partial charge in [-0.2, -0.15) is 0 Å². The van der Waals surface area contributed by atoms with Crippen LogP contribution in [-0.4, -0.2) is 51.0 Å². The van der Waals surface area contributed by atoms with Crippen LogP contribution in [0.4, 0.5) is 0 Å². The second kappa shape index (κ2) is 8.92. The first-order valence-electron chi connectivity index (χ1n) is 7.86. The van der Waals surface area contributed by atoms with Crippen molar-refractivity contribution in [2.45, 2.75) is 0 Å². The summed E-state index contributed by atoms with van der Waals surface area (Å²) in [5.74, 6) is -4.01. The molecular formula is C18H16O10Si. The Hall–Kier alpha value is -3.80. The van der Waals surface area contributed by atoms with E-state index in [1.54, 1.807) is 0 Å². The molecule has 0 aromatic heterocycles. The van der Waals surface area contributed by atoms with Gasteiger partial charge in [-0.15, -0.1) is 0 Å². The van der Waals surface area contributed by atoms with Crippen LogP contribution in [0.5, 0.6) is 23.0 Å². The van der Waals surface area contributed by atoms with E-state index >= 15 is 0 Å². The summed E-state index contributed by atoms with van der Waals surface area (Å²) in [6.07, 6.45) is 3.90. The summed E-state index contributed by atoms with van der Waals surface area (Å²) in [6, 6.07) is 7.39. The molecule has 0 saturated carbocycles. The van der Waals surface area contributed by atoms with Gasteiger partial charge in [0.15, 0.2) is 23.0 Å². The van der Waals surface area contributed by atoms with E-state index in [1.165, 1.54) is 24.3 Å². The van der Waals surface area contributed by atoms with Crippen molar-refractivity contribution in [3.63, 3.8) is 0 Å². The molecule has 2 aromatic rings. The van der Waals surface area contributed by atoms with E-state index in [1.807, 2.05) is 0 Å². The number of hydrogen-bond donors (Lipinski definition) is 6. The molecule has 11 heteroatoms. The number of carbonyl (C=O) groups is 2. The third-order valence-electron chi connectivity index (χ3n) is 3.29. The van der Waals surface area contributed by atoms with Gasteiger partial charge in [-0.25, -0.2) is 9.59 Å². The Morgan fingerprint density at radius 3 is 1.41 bits per heavy atom. The van der Waals surface area contributed by atoms with Crippen LogP contribution in [0.25, 0.3) is 12.2 Å². The van der Waals surface area contributed by atoms with Gasteiger partial charge in [-0.3, -0.25) is 0 Å². The second-order valence-electron chi connectivity index (χ2n) is 5.55. The van der Waals surface area contributed by atoms with Gasteiger partial charge in [0.1, 0.15) is 0 Å². The highest BCUT2D eigenvalue weighted by molar-refractivity contribution is 6.55. The lowest BCUT2D eigenvalue weighted by atomic mass is 10.2. The number of phenols is 4. The molecule has 6 N–H and O–H groups in total. The van der Waals surface area contributed by atoms with Crippen LogP contribution in [0.15, 0.2) is 48.6 Å². The van der Waals surface area contributed by atoms with Crippen LogP contribution in [0.2, 0.25) is 0 Å². The summed E-state index contributed by atoms with van der Waals surface area (Å²) < 4.78 is 8.67. The summed E-state index contributed by atoms with van der Waals surface area (Å²) in [5.41, 5.74) is 0.606. The standard InChI is InChI=1S/C18H16O10Si/c19-13-5-1-11(9-15(13)21)3-7-17(23)27-29(25,26)28-18(24)8-4-12-2-6-14(20)16(22)10-12/h1-10,19-22,25-26H. The minimum absolute atomic E-state index is 0.303. The molecule has 0 aliphatic rings. The summed E-state index contributed by atoms with van der Waals surface area (Å²) in [4.78, 5) is 42.5. The van der Waals surface area contributed by atoms with Crippen molar-refractivity contribution in [1.29, 1.82) is 0 Å². The SMILES string of the molecule is O=C(C=Cc1ccc(O)c(O)c1)O[Si](O)(O)OC(=O)C=Cc1ccc(O)c(O)c1. The fraction of sp³-hybridized carbons (Fsp3) is 0. The first kappa shape index (κ1) is 21.5. The van der Waals surface area contributed by atoms with E-state index in [0.717, 1.165) is 36.4 Å². The van der Waals surface area contributed by atoms with E-state index in [0.29, 0.717) is 11.1 Å². The third-order valence-corrected chi connectivity index (χ3v) is 4.22. The van der Waals surface area contributed by atoms with Crippen LogP contribution in [0.3, 0.4) is 0 Å². The molecule has 10 nitrogen and oxygen atoms in total. The van der Waals surface area contributed by atoms with Crippen molar-refractivity contribution in [1.82, 2.24) is 0 Å². The van der Waals surface area contributed by atoms with Crippen molar-refractivity contribution in [3.8, 4) is 23.0 Å². The lowest BCUT2D eigenvalue weighted by Crippen LogP contribution is -2.45. The zero-order chi connectivity index (χ0) is 21.6. The van der Waals surface area contributed by atoms with Gasteiger partial charge in [-0.05, 0) is 47.5 Å². The number of hydrogen-bond acceptors (Lipinski definition) is 10. The van der Waals surface area contributed by atoms with Crippen molar-refractivity contribution in [3.05, 3.63) is 59.7 Å². The van der Waals surface area contributed by atoms with Gasteiger partial charge in [0.2, 0.25) is 0 Å². The fourth-order valence-corrected chi connectivity index (χ4v) is 2.67. The van der Waals surface area contributed by atoms with Gasteiger partial charge in [0.25, 0.3) is 0 Å². The Morgan fingerprint density at radius 1 is 0.690 bits per heavy atom. The Labute approximate surface area is 164 Å². The maximum Gasteiger partial charge on any atom is 0.819 e. The molecule has 2 aromatic carbocycles. The molecule has 0 aliphatic heterocycles. The van der Waals surface area contributed by atoms with Gasteiger partial charge in [-0.1, -0.05) is 12.1 Å². The summed E-state index contributed by atoms with van der Waals surface area (Å²) in [5, 5.41) is 37.1. The Kier molecular flexibility index (Phi) is 6.62. The first-order chi connectivity index (χ1) is 13.6. The molecule has 0 amide bonds. The lowest BCUT2D eigenvalue weighted by molar-refractivity contribution is -0.143. The molecule has 29 heavy (non-hydrogen) atoms. The third kappa shape index (κ3) is 6.70. The van der Waals surface area contributed by atoms with E-state index in [2.05, 4.69) is 8.85 Å². The van der Waals surface area contributed by atoms with Crippen LogP contribution < -0.4 is 0 Å². The quantitative estimate of drug-likeness (QED) is 0.222. The normalized spacial score (nSPS) is 11.7. The average Bonchev–Trinajstić information content (AvgIpc) is 2.63. The van der Waals surface area contributed by atoms with Crippen molar-refractivity contribution >= 4 is 33.1 Å². The highest BCUT2D eigenvalue weighted by atomic mass is 28.4. The summed E-state index contributed by atoms with van der Waals surface area (Å²) in [7, 11) is -5.13. The molecule has 0 radical (unpaired) electrons. The predicted octanol–water partition coefficient (Wildman–Crippen LogP) is 0.742. The smallest absolute Gasteiger partial charge is 0.504 e. The van der Waals surface area contributed by atoms with Crippen LogP contribution >= 0.6 is 0 Å². The number of rotatable bonds is 6. The molecule has 0 saturated heterocycles. The topological polar surface area (TPSA) is 174 Å². The Balaban J connectivity index is 1.93. The zero-order valence-electron chi connectivity index (χ0n) is 14.6. The average molecular weight is 420 g/mol. The highest BCUT2D eigenvalue weighted by Gasteiger charge is 2.45. The van der Waals surface area contributed by atoms with Crippen molar-refractivity contribution < 1.29 is 48.5 Å². The number of carbonyl (C=O) groups excluding carboxylic acids is 2. The summed E-state index contributed by atoms with van der Waals surface area (Å²) in [6.45, 7) is 0. The molecular weight excluding hydrogens is 404 g/mol. The van der Waals surface area contributed by atoms with Crippen LogP contribution in [0.1, 0.15) is 11.1 Å². The number of phenolic OH excluding ortho intramolecular Hbond substituents is 4. The molecule has 2 rings (SSSR count).